The number of likely N-dealkylation sites (N-methyl/N-ethyl adjacent to an activating group) is 1. The van der Waals surface area contributed by atoms with Crippen molar-refractivity contribution in [3.05, 3.63) is 36.1 Å². The first-order valence-corrected chi connectivity index (χ1v) is 6.98. The Morgan fingerprint density at radius 1 is 1.41 bits per heavy atom. The van der Waals surface area contributed by atoms with Crippen LogP contribution in [0.4, 0.5) is 4.79 Å². The fraction of sp³-hybridized carbons (Fsp3) is 0.357. The highest BCUT2D eigenvalue weighted by atomic mass is 16.3. The maximum atomic E-state index is 12.2. The molecule has 1 saturated heterocycles. The first-order valence-electron chi connectivity index (χ1n) is 6.98. The molecule has 4 rings (SSSR count). The minimum absolute atomic E-state index is 0.323. The van der Waals surface area contributed by atoms with E-state index in [-0.39, 0.29) is 5.91 Å². The molecule has 3 aliphatic heterocycles. The highest BCUT2D eigenvalue weighted by Crippen LogP contribution is 2.32. The van der Waals surface area contributed by atoms with Gasteiger partial charge in [-0.05, 0) is 19.1 Å². The standard InChI is InChI=1S/C14H15N5O3/c1-8-6-19-10-11(17(2)14(21)16-12(10)20)15-13(19)18(8)7-9-4-3-5-22-9/h3-6,10-11H,7H2,1-2H3,(H,16,20,21). The van der Waals surface area contributed by atoms with Gasteiger partial charge in [-0.1, -0.05) is 0 Å². The number of rotatable bonds is 2. The van der Waals surface area contributed by atoms with Crippen LogP contribution < -0.4 is 5.32 Å². The molecule has 4 heterocycles. The van der Waals surface area contributed by atoms with Crippen molar-refractivity contribution in [2.75, 3.05) is 7.05 Å². The number of imide groups is 1. The van der Waals surface area contributed by atoms with Gasteiger partial charge in [-0.2, -0.15) is 0 Å². The fourth-order valence-electron chi connectivity index (χ4n) is 3.00. The Kier molecular flexibility index (Phi) is 2.56. The number of guanidine groups is 1. The number of allylic oxidation sites excluding steroid dienone is 1. The van der Waals surface area contributed by atoms with Gasteiger partial charge in [0.2, 0.25) is 5.96 Å². The number of urea groups is 1. The summed E-state index contributed by atoms with van der Waals surface area (Å²) in [5.41, 5.74) is 0.973. The monoisotopic (exact) mass is 301 g/mol. The fourth-order valence-corrected chi connectivity index (χ4v) is 3.00. The Labute approximate surface area is 126 Å². The predicted molar refractivity (Wildman–Crippen MR) is 76.2 cm³/mol. The molecule has 0 saturated carbocycles. The summed E-state index contributed by atoms with van der Waals surface area (Å²) >= 11 is 0. The molecule has 8 heteroatoms. The van der Waals surface area contributed by atoms with Crippen LogP contribution in [-0.4, -0.2) is 51.9 Å². The molecule has 0 spiro atoms. The lowest BCUT2D eigenvalue weighted by atomic mass is 10.1. The normalized spacial score (nSPS) is 26.7. The molecule has 1 N–H and O–H groups in total. The first-order chi connectivity index (χ1) is 10.6. The van der Waals surface area contributed by atoms with Crippen LogP contribution in [0.1, 0.15) is 12.7 Å². The molecule has 3 amide bonds. The van der Waals surface area contributed by atoms with E-state index in [0.717, 1.165) is 11.5 Å². The van der Waals surface area contributed by atoms with Gasteiger partial charge in [-0.15, -0.1) is 0 Å². The number of nitrogens with zero attached hydrogens (tertiary/aromatic N) is 4. The first kappa shape index (κ1) is 12.9. The highest BCUT2D eigenvalue weighted by Gasteiger charge is 2.51. The second-order valence-corrected chi connectivity index (χ2v) is 5.54. The molecule has 2 unspecified atom stereocenters. The van der Waals surface area contributed by atoms with Crippen molar-refractivity contribution in [2.24, 2.45) is 4.99 Å². The van der Waals surface area contributed by atoms with Crippen LogP contribution in [0.3, 0.4) is 0 Å². The SMILES string of the molecule is CC1=CN2C(=NC3C2C(=O)NC(=O)N3C)N1Cc1ccco1. The van der Waals surface area contributed by atoms with Gasteiger partial charge in [0.05, 0.1) is 12.8 Å². The number of fused-ring (bicyclic) bond motifs is 3. The van der Waals surface area contributed by atoms with E-state index >= 15 is 0 Å². The van der Waals surface area contributed by atoms with Crippen molar-refractivity contribution in [3.8, 4) is 0 Å². The molecule has 0 aliphatic carbocycles. The number of aliphatic imine (C=N–C) groups is 1. The van der Waals surface area contributed by atoms with Gasteiger partial charge in [0.1, 0.15) is 5.76 Å². The quantitative estimate of drug-likeness (QED) is 0.860. The Hall–Kier alpha value is -2.77. The van der Waals surface area contributed by atoms with Crippen molar-refractivity contribution >= 4 is 17.9 Å². The van der Waals surface area contributed by atoms with Crippen LogP contribution in [0.15, 0.2) is 39.7 Å². The molecule has 2 atom stereocenters. The maximum Gasteiger partial charge on any atom is 0.325 e. The van der Waals surface area contributed by atoms with E-state index in [2.05, 4.69) is 10.3 Å². The predicted octanol–water partition coefficient (Wildman–Crippen LogP) is 0.504. The third kappa shape index (κ3) is 1.66. The number of nitrogens with one attached hydrogen (secondary N) is 1. The Bertz CT molecular complexity index is 708. The number of carbonyl (C=O) groups excluding carboxylic acids is 2. The molecule has 1 aromatic heterocycles. The largest absolute Gasteiger partial charge is 0.467 e. The molecular weight excluding hydrogens is 286 g/mol. The average molecular weight is 301 g/mol. The van der Waals surface area contributed by atoms with Gasteiger partial charge in [-0.25, -0.2) is 9.79 Å². The third-order valence-electron chi connectivity index (χ3n) is 4.16. The molecule has 1 aromatic rings. The molecule has 3 aliphatic rings. The van der Waals surface area contributed by atoms with Crippen molar-refractivity contribution in [3.63, 3.8) is 0 Å². The molecule has 0 radical (unpaired) electrons. The second kappa shape index (κ2) is 4.36. The van der Waals surface area contributed by atoms with E-state index in [1.807, 2.05) is 35.1 Å². The minimum atomic E-state index is -0.519. The minimum Gasteiger partial charge on any atom is -0.467 e. The molecule has 0 aromatic carbocycles. The van der Waals surface area contributed by atoms with Crippen LogP contribution in [0.5, 0.6) is 0 Å². The molecule has 0 bridgehead atoms. The Morgan fingerprint density at radius 3 is 2.95 bits per heavy atom. The van der Waals surface area contributed by atoms with Crippen LogP contribution in [0.2, 0.25) is 0 Å². The zero-order valence-corrected chi connectivity index (χ0v) is 12.2. The summed E-state index contributed by atoms with van der Waals surface area (Å²) in [5, 5.41) is 2.36. The van der Waals surface area contributed by atoms with E-state index in [0.29, 0.717) is 12.5 Å². The molecule has 8 nitrogen and oxygen atoms in total. The number of hydrogen-bond donors (Lipinski definition) is 1. The average Bonchev–Trinajstić information content (AvgIpc) is 3.15. The van der Waals surface area contributed by atoms with E-state index in [1.165, 1.54) is 4.90 Å². The lowest BCUT2D eigenvalue weighted by Gasteiger charge is -2.34. The molecule has 114 valence electrons. The molecular formula is C14H15N5O3. The van der Waals surface area contributed by atoms with Gasteiger partial charge in [0.25, 0.3) is 5.91 Å². The third-order valence-corrected chi connectivity index (χ3v) is 4.16. The molecule has 22 heavy (non-hydrogen) atoms. The summed E-state index contributed by atoms with van der Waals surface area (Å²) < 4.78 is 5.38. The van der Waals surface area contributed by atoms with Crippen molar-refractivity contribution in [2.45, 2.75) is 25.7 Å². The van der Waals surface area contributed by atoms with Gasteiger partial charge >= 0.3 is 6.03 Å². The summed E-state index contributed by atoms with van der Waals surface area (Å²) in [6.45, 7) is 2.48. The van der Waals surface area contributed by atoms with Crippen molar-refractivity contribution < 1.29 is 14.0 Å². The lowest BCUT2D eigenvalue weighted by molar-refractivity contribution is -0.126. The summed E-state index contributed by atoms with van der Waals surface area (Å²) in [6.07, 6.45) is 3.01. The van der Waals surface area contributed by atoms with Gasteiger partial charge in [0, 0.05) is 18.9 Å². The lowest BCUT2D eigenvalue weighted by Crippen LogP contribution is -2.62. The topological polar surface area (TPSA) is 81.4 Å². The van der Waals surface area contributed by atoms with E-state index in [9.17, 15) is 9.59 Å². The summed E-state index contributed by atoms with van der Waals surface area (Å²) in [6, 6.07) is 2.78. The van der Waals surface area contributed by atoms with E-state index < -0.39 is 18.2 Å². The number of hydrogen-bond acceptors (Lipinski definition) is 6. The van der Waals surface area contributed by atoms with Gasteiger partial charge in [-0.3, -0.25) is 10.1 Å². The Morgan fingerprint density at radius 2 is 2.23 bits per heavy atom. The smallest absolute Gasteiger partial charge is 0.325 e. The Balaban J connectivity index is 1.67. The summed E-state index contributed by atoms with van der Waals surface area (Å²) in [7, 11) is 1.64. The van der Waals surface area contributed by atoms with Gasteiger partial charge < -0.3 is 19.1 Å². The number of amides is 3. The summed E-state index contributed by atoms with van der Waals surface area (Å²) in [4.78, 5) is 33.7. The van der Waals surface area contributed by atoms with Crippen molar-refractivity contribution in [1.29, 1.82) is 0 Å². The summed E-state index contributed by atoms with van der Waals surface area (Å²) in [5.74, 6) is 1.15. The second-order valence-electron chi connectivity index (χ2n) is 5.54. The van der Waals surface area contributed by atoms with Gasteiger partial charge in [0.15, 0.2) is 12.2 Å². The van der Waals surface area contributed by atoms with Crippen LogP contribution >= 0.6 is 0 Å². The number of furan rings is 1. The van der Waals surface area contributed by atoms with Crippen molar-refractivity contribution in [1.82, 2.24) is 20.0 Å². The number of carbonyl (C=O) groups is 2. The maximum absolute atomic E-state index is 12.2. The van der Waals surface area contributed by atoms with E-state index in [1.54, 1.807) is 13.3 Å². The van der Waals surface area contributed by atoms with Crippen LogP contribution in [0.25, 0.3) is 0 Å². The van der Waals surface area contributed by atoms with E-state index in [4.69, 9.17) is 4.42 Å². The van der Waals surface area contributed by atoms with Crippen LogP contribution in [-0.2, 0) is 11.3 Å². The van der Waals surface area contributed by atoms with Crippen LogP contribution in [0, 0.1) is 0 Å². The molecule has 1 fully saturated rings. The zero-order valence-electron chi connectivity index (χ0n) is 12.2. The highest BCUT2D eigenvalue weighted by molar-refractivity contribution is 6.04. The zero-order chi connectivity index (χ0) is 15.4.